The number of carbonyl (C=O) groups excluding carboxylic acids is 2. The van der Waals surface area contributed by atoms with Crippen molar-refractivity contribution >= 4 is 23.1 Å². The Balaban J connectivity index is 1.41. The lowest BCUT2D eigenvalue weighted by Crippen LogP contribution is -2.60. The molecule has 2 amide bonds. The third kappa shape index (κ3) is 6.51. The average Bonchev–Trinajstić information content (AvgIpc) is 3.33. The Morgan fingerprint density at radius 3 is 2.46 bits per heavy atom. The van der Waals surface area contributed by atoms with Crippen molar-refractivity contribution in [3.05, 3.63) is 89.9 Å². The van der Waals surface area contributed by atoms with Crippen molar-refractivity contribution in [1.29, 1.82) is 0 Å². The molecule has 1 aromatic heterocycles. The van der Waals surface area contributed by atoms with Crippen LogP contribution in [0.25, 0.3) is 5.57 Å². The van der Waals surface area contributed by atoms with Crippen LogP contribution >= 0.6 is 0 Å². The summed E-state index contributed by atoms with van der Waals surface area (Å²) in [5.74, 6) is -1.48. The Hall–Kier alpha value is -3.98. The number of hydrogen-bond donors (Lipinski definition) is 2. The minimum Gasteiger partial charge on any atom is -0.351 e. The lowest BCUT2D eigenvalue weighted by atomic mass is 9.80. The normalized spacial score (nSPS) is 18.7. The second-order valence-corrected chi connectivity index (χ2v) is 11.8. The standard InChI is InChI=1S/C32H41FN6O2/c1-8-27(38-18-13-23(20-22(38)2)28-12-16-35-37(28)7)30(41)36-26-21-24(10-11-25(26)33)29(40)34-17-19-39-31(3,4)14-9-15-32(39,5)6/h8,10-13,16,18,20-21H,2,9,14-15,17,19H2,1,3-7H3,(H,34,40)(H,36,41)/b27-8-. The van der Waals surface area contributed by atoms with E-state index in [0.29, 0.717) is 18.8 Å². The zero-order chi connectivity index (χ0) is 29.9. The van der Waals surface area contributed by atoms with Crippen molar-refractivity contribution in [3.8, 4) is 0 Å². The monoisotopic (exact) mass is 560 g/mol. The lowest BCUT2D eigenvalue weighted by Gasteiger charge is -2.53. The molecule has 218 valence electrons. The third-order valence-electron chi connectivity index (χ3n) is 8.05. The summed E-state index contributed by atoms with van der Waals surface area (Å²) in [6.45, 7) is 16.0. The number of benzene rings is 1. The number of halogens is 1. The zero-order valence-electron chi connectivity index (χ0n) is 24.9. The number of hydrogen-bond acceptors (Lipinski definition) is 5. The number of allylic oxidation sites excluding steroid dienone is 4. The summed E-state index contributed by atoms with van der Waals surface area (Å²) in [4.78, 5) is 30.3. The van der Waals surface area contributed by atoms with E-state index in [1.54, 1.807) is 35.0 Å². The predicted octanol–water partition coefficient (Wildman–Crippen LogP) is 5.60. The molecule has 1 fully saturated rings. The zero-order valence-corrected chi connectivity index (χ0v) is 24.9. The number of piperidine rings is 1. The molecule has 0 radical (unpaired) electrons. The summed E-state index contributed by atoms with van der Waals surface area (Å²) in [5.41, 5.74) is 2.95. The van der Waals surface area contributed by atoms with E-state index < -0.39 is 11.7 Å². The fourth-order valence-corrected chi connectivity index (χ4v) is 5.96. The van der Waals surface area contributed by atoms with Gasteiger partial charge in [-0.15, -0.1) is 0 Å². The SMILES string of the molecule is C=C1C=C(c2ccnn2C)C=CN1/C(=C\C)C(=O)Nc1cc(C(=O)NCCN2C(C)(C)CCCC2(C)C)ccc1F. The summed E-state index contributed by atoms with van der Waals surface area (Å²) in [7, 11) is 1.85. The van der Waals surface area contributed by atoms with Crippen LogP contribution in [0.5, 0.6) is 0 Å². The van der Waals surface area contributed by atoms with E-state index in [4.69, 9.17) is 0 Å². The van der Waals surface area contributed by atoms with Crippen molar-refractivity contribution in [2.45, 2.75) is 65.0 Å². The van der Waals surface area contributed by atoms with E-state index in [1.165, 1.54) is 24.6 Å². The first-order valence-corrected chi connectivity index (χ1v) is 14.0. The second kappa shape index (κ2) is 11.9. The topological polar surface area (TPSA) is 82.5 Å². The molecule has 0 unspecified atom stereocenters. The van der Waals surface area contributed by atoms with E-state index in [2.05, 4.69) is 54.9 Å². The van der Waals surface area contributed by atoms with Crippen LogP contribution in [0.3, 0.4) is 0 Å². The quantitative estimate of drug-likeness (QED) is 0.411. The number of nitrogens with zero attached hydrogens (tertiary/aromatic N) is 4. The van der Waals surface area contributed by atoms with Crippen LogP contribution in [0.2, 0.25) is 0 Å². The van der Waals surface area contributed by atoms with Crippen LogP contribution in [-0.2, 0) is 11.8 Å². The maximum absolute atomic E-state index is 14.8. The molecule has 1 saturated heterocycles. The lowest BCUT2D eigenvalue weighted by molar-refractivity contribution is -0.113. The van der Waals surface area contributed by atoms with E-state index in [1.807, 2.05) is 25.3 Å². The Kier molecular flexibility index (Phi) is 8.68. The summed E-state index contributed by atoms with van der Waals surface area (Å²) in [6, 6.07) is 5.88. The molecule has 2 N–H and O–H groups in total. The Labute approximate surface area is 242 Å². The largest absolute Gasteiger partial charge is 0.351 e. The van der Waals surface area contributed by atoms with Crippen molar-refractivity contribution in [2.24, 2.45) is 7.05 Å². The van der Waals surface area contributed by atoms with Crippen molar-refractivity contribution in [1.82, 2.24) is 24.9 Å². The van der Waals surface area contributed by atoms with E-state index in [9.17, 15) is 14.0 Å². The first kappa shape index (κ1) is 30.0. The molecular weight excluding hydrogens is 519 g/mol. The van der Waals surface area contributed by atoms with Crippen LogP contribution in [0.4, 0.5) is 10.1 Å². The summed E-state index contributed by atoms with van der Waals surface area (Å²) >= 11 is 0. The van der Waals surface area contributed by atoms with Gasteiger partial charge in [0, 0.05) is 60.4 Å². The summed E-state index contributed by atoms with van der Waals surface area (Å²) in [5, 5.41) is 9.79. The molecule has 4 rings (SSSR count). The summed E-state index contributed by atoms with van der Waals surface area (Å²) < 4.78 is 16.5. The van der Waals surface area contributed by atoms with Gasteiger partial charge in [0.25, 0.3) is 11.8 Å². The Morgan fingerprint density at radius 1 is 1.15 bits per heavy atom. The number of amides is 2. The fourth-order valence-electron chi connectivity index (χ4n) is 5.96. The Morgan fingerprint density at radius 2 is 1.85 bits per heavy atom. The minimum absolute atomic E-state index is 0.0507. The molecule has 2 aliphatic heterocycles. The van der Waals surface area contributed by atoms with Crippen molar-refractivity contribution in [2.75, 3.05) is 18.4 Å². The molecule has 41 heavy (non-hydrogen) atoms. The highest BCUT2D eigenvalue weighted by molar-refractivity contribution is 6.05. The molecule has 0 saturated carbocycles. The van der Waals surface area contributed by atoms with Crippen molar-refractivity contribution in [3.63, 3.8) is 0 Å². The van der Waals surface area contributed by atoms with Crippen LogP contribution < -0.4 is 10.6 Å². The first-order chi connectivity index (χ1) is 19.3. The molecule has 2 aromatic rings. The molecule has 0 aliphatic carbocycles. The number of aromatic nitrogens is 2. The number of anilines is 1. The highest BCUT2D eigenvalue weighted by Crippen LogP contribution is 2.37. The maximum Gasteiger partial charge on any atom is 0.272 e. The molecular formula is C32H41FN6O2. The van der Waals surface area contributed by atoms with E-state index >= 15 is 0 Å². The van der Waals surface area contributed by atoms with Crippen LogP contribution in [-0.4, -0.2) is 55.6 Å². The van der Waals surface area contributed by atoms with Gasteiger partial charge in [-0.1, -0.05) is 12.7 Å². The van der Waals surface area contributed by atoms with Gasteiger partial charge >= 0.3 is 0 Å². The molecule has 0 spiro atoms. The van der Waals surface area contributed by atoms with Gasteiger partial charge in [0.1, 0.15) is 11.5 Å². The minimum atomic E-state index is -0.631. The molecule has 9 heteroatoms. The molecule has 0 atom stereocenters. The van der Waals surface area contributed by atoms with Gasteiger partial charge in [-0.25, -0.2) is 4.39 Å². The van der Waals surface area contributed by atoms with E-state index in [0.717, 1.165) is 24.1 Å². The fraction of sp³-hybridized carbons (Fsp3) is 0.406. The first-order valence-electron chi connectivity index (χ1n) is 14.0. The van der Waals surface area contributed by atoms with Crippen LogP contribution in [0.15, 0.2) is 72.9 Å². The van der Waals surface area contributed by atoms with Gasteiger partial charge < -0.3 is 15.5 Å². The number of likely N-dealkylation sites (tertiary alicyclic amines) is 1. The highest BCUT2D eigenvalue weighted by Gasteiger charge is 2.40. The van der Waals surface area contributed by atoms with E-state index in [-0.39, 0.29) is 33.9 Å². The smallest absolute Gasteiger partial charge is 0.272 e. The second-order valence-electron chi connectivity index (χ2n) is 11.8. The van der Waals surface area contributed by atoms with Crippen LogP contribution in [0, 0.1) is 5.82 Å². The predicted molar refractivity (Wildman–Crippen MR) is 161 cm³/mol. The van der Waals surface area contributed by atoms with Gasteiger partial charge in [-0.2, -0.15) is 5.10 Å². The molecule has 3 heterocycles. The number of carbonyl (C=O) groups is 2. The molecule has 0 bridgehead atoms. The summed E-state index contributed by atoms with van der Waals surface area (Å²) in [6.07, 6.45) is 12.2. The molecule has 2 aliphatic rings. The maximum atomic E-state index is 14.8. The highest BCUT2D eigenvalue weighted by atomic mass is 19.1. The van der Waals surface area contributed by atoms with Gasteiger partial charge in [-0.05, 0) is 90.3 Å². The van der Waals surface area contributed by atoms with Gasteiger partial charge in [-0.3, -0.25) is 19.2 Å². The number of rotatable bonds is 8. The Bertz CT molecular complexity index is 1420. The van der Waals surface area contributed by atoms with Crippen molar-refractivity contribution < 1.29 is 14.0 Å². The third-order valence-corrected chi connectivity index (χ3v) is 8.05. The number of nitrogens with one attached hydrogen (secondary N) is 2. The molecule has 8 nitrogen and oxygen atoms in total. The van der Waals surface area contributed by atoms with Gasteiger partial charge in [0.15, 0.2) is 0 Å². The van der Waals surface area contributed by atoms with Gasteiger partial charge in [0.2, 0.25) is 0 Å². The average molecular weight is 561 g/mol. The van der Waals surface area contributed by atoms with Crippen LogP contribution in [0.1, 0.15) is 69.9 Å². The molecule has 1 aromatic carbocycles. The number of aryl methyl sites for hydroxylation is 1. The van der Waals surface area contributed by atoms with Gasteiger partial charge in [0.05, 0.1) is 11.4 Å².